The number of fused-ring (bicyclic) bond motifs is 4. The van der Waals surface area contributed by atoms with Gasteiger partial charge in [0, 0.05) is 42.1 Å². The van der Waals surface area contributed by atoms with Crippen molar-refractivity contribution in [2.75, 3.05) is 44.8 Å². The molecule has 4 fully saturated rings. The van der Waals surface area contributed by atoms with E-state index in [1.807, 2.05) is 0 Å². The Morgan fingerprint density at radius 3 is 2.51 bits per heavy atom. The van der Waals surface area contributed by atoms with Gasteiger partial charge in [0.25, 0.3) is 11.8 Å². The van der Waals surface area contributed by atoms with Crippen LogP contribution in [0.25, 0.3) is 0 Å². The second kappa shape index (κ2) is 9.25. The molecule has 0 aromatic carbocycles. The van der Waals surface area contributed by atoms with Crippen LogP contribution in [0.2, 0.25) is 0 Å². The van der Waals surface area contributed by atoms with Crippen molar-refractivity contribution in [3.05, 3.63) is 17.1 Å². The average Bonchev–Trinajstić information content (AvgIpc) is 3.31. The van der Waals surface area contributed by atoms with Crippen molar-refractivity contribution in [1.82, 2.24) is 19.6 Å². The highest BCUT2D eigenvalue weighted by molar-refractivity contribution is 8.00. The number of carboxylic acids is 1. The Kier molecular flexibility index (Phi) is 6.35. The lowest BCUT2D eigenvalue weighted by molar-refractivity contribution is -0.940. The van der Waals surface area contributed by atoms with Gasteiger partial charge in [-0.1, -0.05) is 5.16 Å². The lowest BCUT2D eigenvalue weighted by Gasteiger charge is -2.55. The predicted octanol–water partition coefficient (Wildman–Crippen LogP) is -1.30. The van der Waals surface area contributed by atoms with Gasteiger partial charge in [-0.05, 0) is 0 Å². The number of nitrogens with one attached hydrogen (secondary N) is 1. The Bertz CT molecular complexity index is 1220. The summed E-state index contributed by atoms with van der Waals surface area (Å²) in [7, 11) is 1.26. The van der Waals surface area contributed by atoms with Gasteiger partial charge in [-0.3, -0.25) is 19.3 Å². The molecule has 4 saturated heterocycles. The number of anilines is 1. The van der Waals surface area contributed by atoms with Crippen molar-refractivity contribution in [3.63, 3.8) is 0 Å². The molecule has 6 heterocycles. The molecule has 2 atom stereocenters. The molecule has 5 aliphatic rings. The minimum absolute atomic E-state index is 0.0243. The number of β-lactam (4-membered cyclic amide) rings is 1. The van der Waals surface area contributed by atoms with Gasteiger partial charge in [0.1, 0.15) is 30.8 Å². The van der Waals surface area contributed by atoms with E-state index in [1.165, 1.54) is 23.8 Å². The van der Waals surface area contributed by atoms with Crippen LogP contribution in [0.4, 0.5) is 5.13 Å². The smallest absolute Gasteiger partial charge is 0.352 e. The molecule has 5 aliphatic heterocycles. The molecule has 0 aliphatic carbocycles. The van der Waals surface area contributed by atoms with E-state index in [9.17, 15) is 24.3 Å². The van der Waals surface area contributed by atoms with E-state index in [0.29, 0.717) is 41.6 Å². The summed E-state index contributed by atoms with van der Waals surface area (Å²) >= 11 is 2.28. The van der Waals surface area contributed by atoms with E-state index in [-0.39, 0.29) is 28.3 Å². The van der Waals surface area contributed by atoms with Gasteiger partial charge in [-0.15, -0.1) is 11.8 Å². The van der Waals surface area contributed by atoms with Crippen molar-refractivity contribution >= 4 is 57.8 Å². The van der Waals surface area contributed by atoms with Crippen molar-refractivity contribution in [1.29, 1.82) is 0 Å². The first-order chi connectivity index (χ1) is 17.6. The number of piperidine rings is 3. The Morgan fingerprint density at radius 2 is 1.97 bits per heavy atom. The number of carbonyl (C=O) groups excluding carboxylic acids is 3. The molecule has 6 rings (SSSR count). The highest BCUT2D eigenvalue weighted by Gasteiger charge is 2.57. The molecule has 198 valence electrons. The molecule has 2 bridgehead atoms. The quantitative estimate of drug-likeness (QED) is 0.130. The van der Waals surface area contributed by atoms with Crippen LogP contribution in [0.3, 0.4) is 0 Å². The van der Waals surface area contributed by atoms with Gasteiger partial charge in [0.05, 0.1) is 25.0 Å². The first-order valence-corrected chi connectivity index (χ1v) is 13.5. The lowest BCUT2D eigenvalue weighted by Crippen LogP contribution is -2.71. The molecule has 3 amide bonds. The van der Waals surface area contributed by atoms with Crippen molar-refractivity contribution < 1.29 is 33.6 Å². The van der Waals surface area contributed by atoms with Crippen LogP contribution in [0, 0.1) is 5.41 Å². The Hall–Kier alpha value is -3.24. The number of aromatic nitrogens is 2. The SMILES string of the molecule is CO/N=C(\C(=O)N[C@@H]1C(=O)N2C(C(=O)O)=C(C[N+]34CCC(C(N)=O)(CC3)CC4)CS[C@@H]12)c1nsc(N)n1. The number of quaternary nitrogens is 1. The Labute approximate surface area is 219 Å². The van der Waals surface area contributed by atoms with Crippen molar-refractivity contribution in [2.45, 2.75) is 30.7 Å². The molecular weight excluding hydrogens is 524 g/mol. The summed E-state index contributed by atoms with van der Waals surface area (Å²) < 4.78 is 4.65. The van der Waals surface area contributed by atoms with E-state index >= 15 is 0 Å². The Morgan fingerprint density at radius 1 is 1.30 bits per heavy atom. The number of carboxylic acid groups (broad SMARTS) is 1. The van der Waals surface area contributed by atoms with Gasteiger partial charge in [0.2, 0.25) is 17.4 Å². The van der Waals surface area contributed by atoms with Crippen molar-refractivity contribution in [3.8, 4) is 0 Å². The molecule has 0 radical (unpaired) electrons. The molecule has 14 nitrogen and oxygen atoms in total. The summed E-state index contributed by atoms with van der Waals surface area (Å²) in [5.41, 5.74) is 11.2. The van der Waals surface area contributed by atoms with E-state index in [4.69, 9.17) is 16.3 Å². The molecular formula is C21H27N8O6S2+. The topological polar surface area (TPSA) is 203 Å². The first kappa shape index (κ1) is 25.4. The largest absolute Gasteiger partial charge is 0.477 e. The standard InChI is InChI=1S/C21H26N8O6S2/c1-35-26-11(14-25-20(23)37-27-14)15(30)24-12-16(31)28-13(18(32)33)10(9-36-17(12)28)8-29-5-2-21(3-6-29,4-7-29)19(22)34/h12,17H,2-9H2,1H3,(H5-,22,23,24,25,27,30,32,33,34)/p+1/b26-11-/t12-,17+,21?,29?/m1/s1. The average molecular weight is 552 g/mol. The normalized spacial score (nSPS) is 31.0. The summed E-state index contributed by atoms with van der Waals surface area (Å²) in [5.74, 6) is -2.31. The number of amides is 3. The first-order valence-electron chi connectivity index (χ1n) is 11.7. The second-order valence-electron chi connectivity index (χ2n) is 9.76. The third-order valence-electron chi connectivity index (χ3n) is 7.83. The van der Waals surface area contributed by atoms with Gasteiger partial charge < -0.3 is 31.2 Å². The number of nitrogens with two attached hydrogens (primary N) is 2. The van der Waals surface area contributed by atoms with Gasteiger partial charge in [-0.2, -0.15) is 9.36 Å². The summed E-state index contributed by atoms with van der Waals surface area (Å²) in [6.07, 6.45) is 2.07. The zero-order chi connectivity index (χ0) is 26.5. The summed E-state index contributed by atoms with van der Waals surface area (Å²) in [5, 5.41) is 15.9. The van der Waals surface area contributed by atoms with Crippen LogP contribution in [0.1, 0.15) is 25.1 Å². The van der Waals surface area contributed by atoms with Crippen LogP contribution in [-0.2, 0) is 24.0 Å². The number of primary amides is 1. The molecule has 0 saturated carbocycles. The number of aliphatic carboxylic acids is 1. The van der Waals surface area contributed by atoms with Crippen LogP contribution in [0.5, 0.6) is 0 Å². The van der Waals surface area contributed by atoms with Gasteiger partial charge in [-0.25, -0.2) is 4.79 Å². The van der Waals surface area contributed by atoms with Crippen LogP contribution < -0.4 is 16.8 Å². The fourth-order valence-electron chi connectivity index (χ4n) is 5.70. The molecule has 16 heteroatoms. The van der Waals surface area contributed by atoms with Crippen LogP contribution in [-0.4, -0.2) is 104 Å². The lowest BCUT2D eigenvalue weighted by atomic mass is 9.70. The van der Waals surface area contributed by atoms with E-state index in [2.05, 4.69) is 19.8 Å². The zero-order valence-electron chi connectivity index (χ0n) is 20.0. The minimum atomic E-state index is -1.18. The number of oxime groups is 1. The number of nitrogen functional groups attached to an aromatic ring is 1. The maximum atomic E-state index is 13.1. The fraction of sp³-hybridized carbons (Fsp3) is 0.571. The molecule has 0 unspecified atom stereocenters. The highest BCUT2D eigenvalue weighted by Crippen LogP contribution is 2.46. The number of nitrogens with zero attached hydrogens (tertiary/aromatic N) is 5. The number of rotatable bonds is 8. The Balaban J connectivity index is 1.32. The molecule has 1 aromatic rings. The van der Waals surface area contributed by atoms with Crippen LogP contribution >= 0.6 is 23.3 Å². The number of carbonyl (C=O) groups is 4. The monoisotopic (exact) mass is 551 g/mol. The number of thioether (sulfide) groups is 1. The third-order valence-corrected chi connectivity index (χ3v) is 9.71. The summed E-state index contributed by atoms with van der Waals surface area (Å²) in [4.78, 5) is 60.2. The van der Waals surface area contributed by atoms with Crippen LogP contribution in [0.15, 0.2) is 16.4 Å². The molecule has 1 aromatic heterocycles. The van der Waals surface area contributed by atoms with Gasteiger partial charge >= 0.3 is 5.97 Å². The highest BCUT2D eigenvalue weighted by atomic mass is 32.2. The third kappa shape index (κ3) is 4.21. The predicted molar refractivity (Wildman–Crippen MR) is 133 cm³/mol. The second-order valence-corrected chi connectivity index (χ2v) is 11.7. The zero-order valence-corrected chi connectivity index (χ0v) is 21.6. The van der Waals surface area contributed by atoms with Crippen molar-refractivity contribution in [2.24, 2.45) is 16.3 Å². The summed E-state index contributed by atoms with van der Waals surface area (Å²) in [6.45, 7) is 2.74. The van der Waals surface area contributed by atoms with E-state index in [0.717, 1.165) is 31.2 Å². The van der Waals surface area contributed by atoms with E-state index < -0.39 is 34.6 Å². The van der Waals surface area contributed by atoms with Gasteiger partial charge in [0.15, 0.2) is 5.13 Å². The number of hydrogen-bond acceptors (Lipinski definition) is 11. The maximum Gasteiger partial charge on any atom is 0.352 e. The molecule has 37 heavy (non-hydrogen) atoms. The molecule has 0 spiro atoms. The minimum Gasteiger partial charge on any atom is -0.477 e. The molecule has 6 N–H and O–H groups in total. The summed E-state index contributed by atoms with van der Waals surface area (Å²) in [6, 6.07) is -0.945. The van der Waals surface area contributed by atoms with E-state index in [1.54, 1.807) is 0 Å². The number of hydrogen-bond donors (Lipinski definition) is 4. The fourth-order valence-corrected chi connectivity index (χ4v) is 7.47. The maximum absolute atomic E-state index is 13.1.